The molecule has 94 valence electrons. The second-order valence-corrected chi connectivity index (χ2v) is 5.81. The SMILES string of the molecule is C=CCN(CC(=O)OCC)Cc1csc(Br)c1. The number of thiophene rings is 1. The molecule has 0 amide bonds. The predicted octanol–water partition coefficient (Wildman–Crippen LogP) is 3.06. The molecule has 0 N–H and O–H groups in total. The van der Waals surface area contributed by atoms with Crippen LogP contribution >= 0.6 is 27.3 Å². The second-order valence-electron chi connectivity index (χ2n) is 3.52. The van der Waals surface area contributed by atoms with E-state index in [4.69, 9.17) is 4.74 Å². The molecule has 17 heavy (non-hydrogen) atoms. The summed E-state index contributed by atoms with van der Waals surface area (Å²) in [6.45, 7) is 7.63. The van der Waals surface area contributed by atoms with Crippen molar-refractivity contribution in [2.75, 3.05) is 19.7 Å². The van der Waals surface area contributed by atoms with E-state index >= 15 is 0 Å². The van der Waals surface area contributed by atoms with E-state index in [0.717, 1.165) is 10.3 Å². The first-order valence-electron chi connectivity index (χ1n) is 5.37. The second kappa shape index (κ2) is 7.63. The van der Waals surface area contributed by atoms with Gasteiger partial charge in [0.1, 0.15) is 0 Å². The molecule has 1 aromatic heterocycles. The van der Waals surface area contributed by atoms with Crippen LogP contribution in [0.3, 0.4) is 0 Å². The van der Waals surface area contributed by atoms with Crippen LogP contribution in [-0.4, -0.2) is 30.6 Å². The van der Waals surface area contributed by atoms with Gasteiger partial charge >= 0.3 is 5.97 Å². The molecule has 0 saturated carbocycles. The van der Waals surface area contributed by atoms with Gasteiger partial charge in [-0.3, -0.25) is 9.69 Å². The summed E-state index contributed by atoms with van der Waals surface area (Å²) in [6.07, 6.45) is 1.79. The van der Waals surface area contributed by atoms with Gasteiger partial charge in [-0.2, -0.15) is 0 Å². The maximum atomic E-state index is 11.4. The summed E-state index contributed by atoms with van der Waals surface area (Å²) in [5.74, 6) is -0.191. The zero-order valence-corrected chi connectivity index (χ0v) is 12.2. The van der Waals surface area contributed by atoms with Crippen molar-refractivity contribution in [3.63, 3.8) is 0 Å². The van der Waals surface area contributed by atoms with Gasteiger partial charge in [-0.25, -0.2) is 0 Å². The van der Waals surface area contributed by atoms with Crippen LogP contribution in [0, 0.1) is 0 Å². The van der Waals surface area contributed by atoms with Gasteiger partial charge < -0.3 is 4.74 Å². The van der Waals surface area contributed by atoms with E-state index in [2.05, 4.69) is 34.0 Å². The number of ether oxygens (including phenoxy) is 1. The van der Waals surface area contributed by atoms with Crippen molar-refractivity contribution in [2.45, 2.75) is 13.5 Å². The van der Waals surface area contributed by atoms with E-state index in [-0.39, 0.29) is 5.97 Å². The molecule has 1 aromatic rings. The summed E-state index contributed by atoms with van der Waals surface area (Å²) in [6, 6.07) is 2.06. The Morgan fingerprint density at radius 1 is 1.71 bits per heavy atom. The van der Waals surface area contributed by atoms with Crippen LogP contribution < -0.4 is 0 Å². The minimum Gasteiger partial charge on any atom is -0.465 e. The van der Waals surface area contributed by atoms with Gasteiger partial charge in [-0.15, -0.1) is 17.9 Å². The fraction of sp³-hybridized carbons (Fsp3) is 0.417. The zero-order valence-electron chi connectivity index (χ0n) is 9.82. The van der Waals surface area contributed by atoms with Crippen LogP contribution in [0.4, 0.5) is 0 Å². The van der Waals surface area contributed by atoms with Crippen molar-refractivity contribution < 1.29 is 9.53 Å². The first-order valence-corrected chi connectivity index (χ1v) is 7.04. The molecule has 0 aliphatic rings. The highest BCUT2D eigenvalue weighted by Crippen LogP contribution is 2.21. The largest absolute Gasteiger partial charge is 0.465 e. The van der Waals surface area contributed by atoms with Gasteiger partial charge in [-0.05, 0) is 39.9 Å². The van der Waals surface area contributed by atoms with Gasteiger partial charge in [0.15, 0.2) is 0 Å². The van der Waals surface area contributed by atoms with Crippen molar-refractivity contribution >= 4 is 33.2 Å². The van der Waals surface area contributed by atoms with Gasteiger partial charge in [0, 0.05) is 13.1 Å². The molecule has 0 aliphatic carbocycles. The molecule has 0 atom stereocenters. The summed E-state index contributed by atoms with van der Waals surface area (Å²) in [5, 5.41) is 2.07. The highest BCUT2D eigenvalue weighted by atomic mass is 79.9. The molecular weight excluding hydrogens is 302 g/mol. The Balaban J connectivity index is 2.53. The molecule has 0 unspecified atom stereocenters. The smallest absolute Gasteiger partial charge is 0.320 e. The van der Waals surface area contributed by atoms with Crippen molar-refractivity contribution in [3.05, 3.63) is 33.5 Å². The van der Waals surface area contributed by atoms with Crippen molar-refractivity contribution in [1.29, 1.82) is 0 Å². The Kier molecular flexibility index (Phi) is 6.47. The molecular formula is C12H16BrNO2S. The topological polar surface area (TPSA) is 29.5 Å². The van der Waals surface area contributed by atoms with Crippen LogP contribution in [0.15, 0.2) is 27.9 Å². The Labute approximate surface area is 114 Å². The number of carbonyl (C=O) groups is 1. The lowest BCUT2D eigenvalue weighted by molar-refractivity contribution is -0.144. The highest BCUT2D eigenvalue weighted by Gasteiger charge is 2.11. The van der Waals surface area contributed by atoms with Crippen LogP contribution in [0.2, 0.25) is 0 Å². The third-order valence-electron chi connectivity index (χ3n) is 2.07. The van der Waals surface area contributed by atoms with Gasteiger partial charge in [0.25, 0.3) is 0 Å². The molecule has 1 rings (SSSR count). The first kappa shape index (κ1) is 14.4. The van der Waals surface area contributed by atoms with Gasteiger partial charge in [0.05, 0.1) is 16.9 Å². The normalized spacial score (nSPS) is 10.5. The molecule has 0 saturated heterocycles. The molecule has 0 spiro atoms. The van der Waals surface area contributed by atoms with E-state index < -0.39 is 0 Å². The maximum absolute atomic E-state index is 11.4. The van der Waals surface area contributed by atoms with E-state index in [1.807, 2.05) is 11.8 Å². The van der Waals surface area contributed by atoms with Gasteiger partial charge in [0.2, 0.25) is 0 Å². The van der Waals surface area contributed by atoms with Crippen molar-refractivity contribution in [2.24, 2.45) is 0 Å². The number of nitrogens with zero attached hydrogens (tertiary/aromatic N) is 1. The summed E-state index contributed by atoms with van der Waals surface area (Å²) in [4.78, 5) is 13.4. The quantitative estimate of drug-likeness (QED) is 0.572. The average molecular weight is 318 g/mol. The monoisotopic (exact) mass is 317 g/mol. The number of rotatable bonds is 7. The molecule has 5 heteroatoms. The predicted molar refractivity (Wildman–Crippen MR) is 74.1 cm³/mol. The fourth-order valence-electron chi connectivity index (χ4n) is 1.44. The summed E-state index contributed by atoms with van der Waals surface area (Å²) < 4.78 is 6.04. The number of carbonyl (C=O) groups excluding carboxylic acids is 1. The number of esters is 1. The van der Waals surface area contributed by atoms with E-state index in [9.17, 15) is 4.79 Å². The van der Waals surface area contributed by atoms with E-state index in [1.54, 1.807) is 17.4 Å². The summed E-state index contributed by atoms with van der Waals surface area (Å²) in [5.41, 5.74) is 1.19. The maximum Gasteiger partial charge on any atom is 0.320 e. The molecule has 0 fully saturated rings. The summed E-state index contributed by atoms with van der Waals surface area (Å²) >= 11 is 5.07. The van der Waals surface area contributed by atoms with Crippen LogP contribution in [0.5, 0.6) is 0 Å². The molecule has 1 heterocycles. The third-order valence-corrected chi connectivity index (χ3v) is 3.63. The minimum absolute atomic E-state index is 0.191. The number of hydrogen-bond acceptors (Lipinski definition) is 4. The lowest BCUT2D eigenvalue weighted by Gasteiger charge is -2.18. The molecule has 0 aromatic carbocycles. The number of halogens is 1. The fourth-order valence-corrected chi connectivity index (χ4v) is 2.64. The molecule has 0 radical (unpaired) electrons. The molecule has 0 bridgehead atoms. The zero-order chi connectivity index (χ0) is 12.7. The Morgan fingerprint density at radius 3 is 3.00 bits per heavy atom. The highest BCUT2D eigenvalue weighted by molar-refractivity contribution is 9.11. The lowest BCUT2D eigenvalue weighted by Crippen LogP contribution is -2.30. The Hall–Kier alpha value is -0.650. The van der Waals surface area contributed by atoms with Crippen molar-refractivity contribution in [3.8, 4) is 0 Å². The van der Waals surface area contributed by atoms with Crippen LogP contribution in [0.1, 0.15) is 12.5 Å². The molecule has 3 nitrogen and oxygen atoms in total. The number of hydrogen-bond donors (Lipinski definition) is 0. The third kappa shape index (κ3) is 5.48. The summed E-state index contributed by atoms with van der Waals surface area (Å²) in [7, 11) is 0. The first-order chi connectivity index (χ1) is 8.15. The van der Waals surface area contributed by atoms with Crippen LogP contribution in [-0.2, 0) is 16.1 Å². The Bertz CT molecular complexity index is 378. The van der Waals surface area contributed by atoms with Crippen LogP contribution in [0.25, 0.3) is 0 Å². The Morgan fingerprint density at radius 2 is 2.47 bits per heavy atom. The van der Waals surface area contributed by atoms with E-state index in [1.165, 1.54) is 5.56 Å². The molecule has 0 aliphatic heterocycles. The van der Waals surface area contributed by atoms with Gasteiger partial charge in [-0.1, -0.05) is 6.08 Å². The average Bonchev–Trinajstić information content (AvgIpc) is 2.64. The van der Waals surface area contributed by atoms with Crippen molar-refractivity contribution in [1.82, 2.24) is 4.90 Å². The lowest BCUT2D eigenvalue weighted by atomic mass is 10.3. The standard InChI is InChI=1S/C12H16BrNO2S/c1-3-5-14(8-12(15)16-4-2)7-10-6-11(13)17-9-10/h3,6,9H,1,4-5,7-8H2,2H3. The minimum atomic E-state index is -0.191. The van der Waals surface area contributed by atoms with E-state index in [0.29, 0.717) is 19.7 Å².